The van der Waals surface area contributed by atoms with Crippen LogP contribution in [0, 0.1) is 11.6 Å². The number of benzene rings is 3. The summed E-state index contributed by atoms with van der Waals surface area (Å²) in [6.07, 6.45) is 0.456. The number of rotatable bonds is 5. The largest absolute Gasteiger partial charge is 0.367 e. The fraction of sp³-hybridized carbons (Fsp3) is 0.259. The molecule has 2 heterocycles. The lowest BCUT2D eigenvalue weighted by atomic mass is 9.98. The number of hydrogen-bond donors (Lipinski definition) is 0. The Morgan fingerprint density at radius 2 is 1.47 bits per heavy atom. The van der Waals surface area contributed by atoms with Crippen molar-refractivity contribution in [3.63, 3.8) is 0 Å². The highest BCUT2D eigenvalue weighted by Crippen LogP contribution is 2.33. The SMILES string of the molecule is O=C(CN1CCN(c2ccccc2F)CC1)N1N=C(c2ccccc2F)CC1c1ccccc1. The number of carbonyl (C=O) groups is 1. The Balaban J connectivity index is 1.31. The van der Waals surface area contributed by atoms with Crippen LogP contribution < -0.4 is 4.90 Å². The third-order valence-corrected chi connectivity index (χ3v) is 6.46. The molecule has 1 atom stereocenters. The average molecular weight is 461 g/mol. The van der Waals surface area contributed by atoms with Gasteiger partial charge in [0.25, 0.3) is 5.91 Å². The lowest BCUT2D eigenvalue weighted by Gasteiger charge is -2.36. The van der Waals surface area contributed by atoms with Crippen LogP contribution in [0.5, 0.6) is 0 Å². The van der Waals surface area contributed by atoms with Gasteiger partial charge in [0.2, 0.25) is 0 Å². The van der Waals surface area contributed by atoms with E-state index in [0.29, 0.717) is 49.6 Å². The van der Waals surface area contributed by atoms with Gasteiger partial charge in [0, 0.05) is 38.2 Å². The van der Waals surface area contributed by atoms with Gasteiger partial charge in [-0.15, -0.1) is 0 Å². The number of para-hydroxylation sites is 1. The van der Waals surface area contributed by atoms with Crippen molar-refractivity contribution >= 4 is 17.3 Å². The van der Waals surface area contributed by atoms with Crippen LogP contribution in [-0.2, 0) is 4.79 Å². The molecule has 5 nitrogen and oxygen atoms in total. The summed E-state index contributed by atoms with van der Waals surface area (Å²) >= 11 is 0. The van der Waals surface area contributed by atoms with Crippen LogP contribution in [0.3, 0.4) is 0 Å². The van der Waals surface area contributed by atoms with Crippen molar-refractivity contribution in [2.24, 2.45) is 5.10 Å². The summed E-state index contributed by atoms with van der Waals surface area (Å²) in [5, 5.41) is 6.10. The molecule has 2 aliphatic rings. The molecule has 0 saturated carbocycles. The molecule has 0 aliphatic carbocycles. The third-order valence-electron chi connectivity index (χ3n) is 6.46. The maximum absolute atomic E-state index is 14.5. The number of halogens is 2. The van der Waals surface area contributed by atoms with Gasteiger partial charge in [-0.3, -0.25) is 9.69 Å². The highest BCUT2D eigenvalue weighted by molar-refractivity contribution is 6.03. The number of hydrazone groups is 1. The first-order chi connectivity index (χ1) is 16.6. The molecule has 3 aromatic rings. The summed E-state index contributed by atoms with van der Waals surface area (Å²) < 4.78 is 28.6. The van der Waals surface area contributed by atoms with E-state index in [1.165, 1.54) is 17.1 Å². The lowest BCUT2D eigenvalue weighted by Crippen LogP contribution is -2.49. The number of amides is 1. The van der Waals surface area contributed by atoms with E-state index in [-0.39, 0.29) is 30.1 Å². The summed E-state index contributed by atoms with van der Waals surface area (Å²) in [5.41, 5.74) is 2.56. The number of piperazine rings is 1. The second kappa shape index (κ2) is 9.73. The van der Waals surface area contributed by atoms with Crippen LogP contribution in [-0.4, -0.2) is 54.3 Å². The molecule has 0 radical (unpaired) electrons. The first-order valence-corrected chi connectivity index (χ1v) is 11.5. The van der Waals surface area contributed by atoms with E-state index in [2.05, 4.69) is 10.0 Å². The zero-order valence-electron chi connectivity index (χ0n) is 18.8. The maximum Gasteiger partial charge on any atom is 0.257 e. The number of carbonyl (C=O) groups excluding carboxylic acids is 1. The van der Waals surface area contributed by atoms with E-state index in [0.717, 1.165) is 5.56 Å². The van der Waals surface area contributed by atoms with Gasteiger partial charge in [0.15, 0.2) is 0 Å². The Labute approximate surface area is 197 Å². The van der Waals surface area contributed by atoms with E-state index >= 15 is 0 Å². The Kier molecular flexibility index (Phi) is 6.36. The fourth-order valence-corrected chi connectivity index (χ4v) is 4.65. The minimum Gasteiger partial charge on any atom is -0.367 e. The second-order valence-corrected chi connectivity index (χ2v) is 8.61. The van der Waals surface area contributed by atoms with Crippen molar-refractivity contribution in [1.82, 2.24) is 9.91 Å². The summed E-state index contributed by atoms with van der Waals surface area (Å²) in [7, 11) is 0. The van der Waals surface area contributed by atoms with Crippen molar-refractivity contribution in [3.8, 4) is 0 Å². The Morgan fingerprint density at radius 3 is 2.18 bits per heavy atom. The first kappa shape index (κ1) is 22.2. The minimum atomic E-state index is -0.341. The molecule has 1 saturated heterocycles. The van der Waals surface area contributed by atoms with Gasteiger partial charge in [0.05, 0.1) is 24.0 Å². The van der Waals surface area contributed by atoms with Gasteiger partial charge in [-0.05, 0) is 23.8 Å². The first-order valence-electron chi connectivity index (χ1n) is 11.5. The van der Waals surface area contributed by atoms with Crippen LogP contribution in [0.25, 0.3) is 0 Å². The number of anilines is 1. The highest BCUT2D eigenvalue weighted by Gasteiger charge is 2.34. The van der Waals surface area contributed by atoms with Crippen molar-refractivity contribution in [2.45, 2.75) is 12.5 Å². The predicted octanol–water partition coefficient (Wildman–Crippen LogP) is 4.46. The average Bonchev–Trinajstić information content (AvgIpc) is 3.31. The molecule has 2 aliphatic heterocycles. The monoisotopic (exact) mass is 460 g/mol. The zero-order chi connectivity index (χ0) is 23.5. The van der Waals surface area contributed by atoms with Crippen LogP contribution in [0.4, 0.5) is 14.5 Å². The molecule has 34 heavy (non-hydrogen) atoms. The van der Waals surface area contributed by atoms with Crippen molar-refractivity contribution in [1.29, 1.82) is 0 Å². The van der Waals surface area contributed by atoms with Gasteiger partial charge in [-0.25, -0.2) is 13.8 Å². The van der Waals surface area contributed by atoms with Crippen LogP contribution >= 0.6 is 0 Å². The summed E-state index contributed by atoms with van der Waals surface area (Å²) in [5.74, 6) is -0.698. The Hall–Kier alpha value is -3.58. The van der Waals surface area contributed by atoms with Gasteiger partial charge in [-0.1, -0.05) is 60.7 Å². The zero-order valence-corrected chi connectivity index (χ0v) is 18.8. The van der Waals surface area contributed by atoms with Crippen LogP contribution in [0.15, 0.2) is 84.0 Å². The van der Waals surface area contributed by atoms with Crippen molar-refractivity contribution in [2.75, 3.05) is 37.6 Å². The van der Waals surface area contributed by atoms with Gasteiger partial charge in [-0.2, -0.15) is 5.10 Å². The number of nitrogens with zero attached hydrogens (tertiary/aromatic N) is 4. The molecule has 0 N–H and O–H groups in total. The van der Waals surface area contributed by atoms with E-state index in [1.807, 2.05) is 41.3 Å². The molecule has 0 bridgehead atoms. The fourth-order valence-electron chi connectivity index (χ4n) is 4.65. The molecule has 7 heteroatoms. The van der Waals surface area contributed by atoms with E-state index in [4.69, 9.17) is 0 Å². The molecule has 0 aromatic heterocycles. The Morgan fingerprint density at radius 1 is 0.824 bits per heavy atom. The predicted molar refractivity (Wildman–Crippen MR) is 129 cm³/mol. The summed E-state index contributed by atoms with van der Waals surface area (Å²) in [6, 6.07) is 22.8. The number of hydrogen-bond acceptors (Lipinski definition) is 4. The third kappa shape index (κ3) is 4.56. The molecule has 3 aromatic carbocycles. The standard InChI is InChI=1S/C27H26F2N4O/c28-22-11-5-4-10-21(22)24-18-26(20-8-2-1-3-9-20)33(30-24)27(34)19-31-14-16-32(17-15-31)25-13-7-6-12-23(25)29/h1-13,26H,14-19H2. The lowest BCUT2D eigenvalue weighted by molar-refractivity contribution is -0.134. The molecular weight excluding hydrogens is 434 g/mol. The maximum atomic E-state index is 14.5. The molecule has 1 unspecified atom stereocenters. The van der Waals surface area contributed by atoms with E-state index < -0.39 is 0 Å². The molecular formula is C27H26F2N4O. The van der Waals surface area contributed by atoms with Crippen molar-refractivity contribution < 1.29 is 13.6 Å². The van der Waals surface area contributed by atoms with Gasteiger partial charge >= 0.3 is 0 Å². The highest BCUT2D eigenvalue weighted by atomic mass is 19.1. The topological polar surface area (TPSA) is 39.2 Å². The minimum absolute atomic E-state index is 0.125. The Bertz CT molecular complexity index is 1190. The van der Waals surface area contributed by atoms with Crippen LogP contribution in [0.2, 0.25) is 0 Å². The normalized spacial score (nSPS) is 18.8. The summed E-state index contributed by atoms with van der Waals surface area (Å²) in [4.78, 5) is 17.4. The van der Waals surface area contributed by atoms with Crippen LogP contribution in [0.1, 0.15) is 23.6 Å². The molecule has 1 fully saturated rings. The van der Waals surface area contributed by atoms with Gasteiger partial charge in [0.1, 0.15) is 11.6 Å². The van der Waals surface area contributed by atoms with E-state index in [9.17, 15) is 13.6 Å². The molecule has 174 valence electrons. The summed E-state index contributed by atoms with van der Waals surface area (Å²) in [6.45, 7) is 2.78. The van der Waals surface area contributed by atoms with Crippen molar-refractivity contribution in [3.05, 3.63) is 102 Å². The quantitative estimate of drug-likeness (QED) is 0.564. The molecule has 1 amide bonds. The van der Waals surface area contributed by atoms with Gasteiger partial charge < -0.3 is 4.90 Å². The molecule has 5 rings (SSSR count). The molecule has 0 spiro atoms. The second-order valence-electron chi connectivity index (χ2n) is 8.61. The smallest absolute Gasteiger partial charge is 0.257 e. The van der Waals surface area contributed by atoms with E-state index in [1.54, 1.807) is 30.3 Å².